The molecule has 3 rings (SSSR count). The lowest BCUT2D eigenvalue weighted by atomic mass is 10.1. The van der Waals surface area contributed by atoms with Gasteiger partial charge in [0.1, 0.15) is 11.6 Å². The fraction of sp³-hybridized carbons (Fsp3) is 0.333. The van der Waals surface area contributed by atoms with Gasteiger partial charge in [-0.15, -0.1) is 0 Å². The molecule has 7 heteroatoms. The van der Waals surface area contributed by atoms with Crippen LogP contribution < -0.4 is 5.56 Å². The largest absolute Gasteiger partial charge is 0.465 e. The minimum atomic E-state index is -0.626. The molecule has 144 valence electrons. The first-order chi connectivity index (χ1) is 13.5. The van der Waals surface area contributed by atoms with Crippen molar-refractivity contribution in [3.05, 3.63) is 69.1 Å². The van der Waals surface area contributed by atoms with E-state index in [1.807, 2.05) is 11.0 Å². The number of aromatic nitrogens is 1. The number of benzene rings is 1. The van der Waals surface area contributed by atoms with E-state index < -0.39 is 11.5 Å². The van der Waals surface area contributed by atoms with Crippen molar-refractivity contribution in [3.63, 3.8) is 0 Å². The number of amides is 1. The molecule has 0 radical (unpaired) electrons. The first-order valence-electron chi connectivity index (χ1n) is 9.14. The molecule has 0 spiro atoms. The van der Waals surface area contributed by atoms with Crippen LogP contribution >= 0.6 is 0 Å². The number of likely N-dealkylation sites (tertiary alicyclic amines) is 1. The number of hydrogen-bond acceptors (Lipinski definition) is 5. The van der Waals surface area contributed by atoms with Gasteiger partial charge in [-0.3, -0.25) is 9.59 Å². The molecule has 0 bridgehead atoms. The lowest BCUT2D eigenvalue weighted by molar-refractivity contribution is 0.0599. The summed E-state index contributed by atoms with van der Waals surface area (Å²) in [6, 6.07) is 10.1. The Morgan fingerprint density at radius 2 is 1.89 bits per heavy atom. The molecule has 1 fully saturated rings. The van der Waals surface area contributed by atoms with Gasteiger partial charge in [0.25, 0.3) is 11.5 Å². The third-order valence-electron chi connectivity index (χ3n) is 4.80. The van der Waals surface area contributed by atoms with E-state index in [9.17, 15) is 19.6 Å². The number of piperidine rings is 1. The van der Waals surface area contributed by atoms with E-state index in [1.165, 1.54) is 23.9 Å². The summed E-state index contributed by atoms with van der Waals surface area (Å²) in [5.74, 6) is -0.644. The number of nitrogens with zero attached hydrogens (tertiary/aromatic N) is 3. The summed E-state index contributed by atoms with van der Waals surface area (Å²) in [6.07, 6.45) is 4.54. The molecule has 1 saturated heterocycles. The summed E-state index contributed by atoms with van der Waals surface area (Å²) in [5.41, 5.74) is 0.790. The van der Waals surface area contributed by atoms with Crippen LogP contribution in [0.2, 0.25) is 0 Å². The van der Waals surface area contributed by atoms with Gasteiger partial charge in [-0.2, -0.15) is 5.26 Å². The topological polar surface area (TPSA) is 92.4 Å². The monoisotopic (exact) mass is 379 g/mol. The van der Waals surface area contributed by atoms with Crippen molar-refractivity contribution < 1.29 is 14.3 Å². The van der Waals surface area contributed by atoms with E-state index in [2.05, 4.69) is 4.74 Å². The third kappa shape index (κ3) is 4.12. The van der Waals surface area contributed by atoms with Crippen LogP contribution in [0.15, 0.2) is 41.3 Å². The number of methoxy groups -OCH3 is 1. The second-order valence-corrected chi connectivity index (χ2v) is 6.73. The van der Waals surface area contributed by atoms with Crippen molar-refractivity contribution in [1.82, 2.24) is 9.47 Å². The minimum Gasteiger partial charge on any atom is -0.465 e. The molecular formula is C21H21N3O4. The average molecular weight is 379 g/mol. The number of esters is 1. The van der Waals surface area contributed by atoms with Crippen LogP contribution in [0.4, 0.5) is 0 Å². The highest BCUT2D eigenvalue weighted by molar-refractivity contribution is 5.94. The molecule has 0 aliphatic carbocycles. The highest BCUT2D eigenvalue weighted by Gasteiger charge is 2.18. The molecule has 2 heterocycles. The molecular weight excluding hydrogens is 358 g/mol. The molecule has 2 aromatic rings. The van der Waals surface area contributed by atoms with Crippen molar-refractivity contribution >= 4 is 11.9 Å². The summed E-state index contributed by atoms with van der Waals surface area (Å²) in [4.78, 5) is 38.8. The van der Waals surface area contributed by atoms with Crippen LogP contribution in [0.25, 0.3) is 0 Å². The number of rotatable bonds is 4. The third-order valence-corrected chi connectivity index (χ3v) is 4.80. The number of nitriles is 1. The van der Waals surface area contributed by atoms with Crippen LogP contribution in [0, 0.1) is 11.3 Å². The molecule has 0 saturated carbocycles. The Labute approximate surface area is 162 Å². The second kappa shape index (κ2) is 8.53. The number of carbonyl (C=O) groups excluding carboxylic acids is 2. The molecule has 0 atom stereocenters. The highest BCUT2D eigenvalue weighted by Crippen LogP contribution is 2.15. The quantitative estimate of drug-likeness (QED) is 0.759. The van der Waals surface area contributed by atoms with E-state index in [-0.39, 0.29) is 23.6 Å². The fourth-order valence-corrected chi connectivity index (χ4v) is 3.34. The van der Waals surface area contributed by atoms with E-state index in [0.29, 0.717) is 5.56 Å². The van der Waals surface area contributed by atoms with Gasteiger partial charge in [-0.25, -0.2) is 4.79 Å². The SMILES string of the molecule is COC(=O)c1cc(C#N)c(=O)n(Cc2cccc(C(=O)N3CCCCC3)c2)c1. The molecule has 0 unspecified atom stereocenters. The smallest absolute Gasteiger partial charge is 0.339 e. The van der Waals surface area contributed by atoms with Gasteiger partial charge in [-0.05, 0) is 43.0 Å². The first-order valence-corrected chi connectivity index (χ1v) is 9.14. The average Bonchev–Trinajstić information content (AvgIpc) is 2.74. The lowest BCUT2D eigenvalue weighted by Gasteiger charge is -2.26. The predicted molar refractivity (Wildman–Crippen MR) is 102 cm³/mol. The predicted octanol–water partition coefficient (Wildman–Crippen LogP) is 2.18. The van der Waals surface area contributed by atoms with Crippen molar-refractivity contribution in [2.75, 3.05) is 20.2 Å². The van der Waals surface area contributed by atoms with Gasteiger partial charge in [0.05, 0.1) is 19.2 Å². The van der Waals surface area contributed by atoms with Gasteiger partial charge in [0, 0.05) is 24.8 Å². The molecule has 1 amide bonds. The van der Waals surface area contributed by atoms with Crippen molar-refractivity contribution in [2.45, 2.75) is 25.8 Å². The van der Waals surface area contributed by atoms with Crippen LogP contribution in [0.5, 0.6) is 0 Å². The number of hydrogen-bond donors (Lipinski definition) is 0. The fourth-order valence-electron chi connectivity index (χ4n) is 3.34. The summed E-state index contributed by atoms with van der Waals surface area (Å²) in [7, 11) is 1.24. The molecule has 1 aliphatic rings. The standard InChI is InChI=1S/C21H21N3O4/c1-28-21(27)18-11-17(12-22)20(26)24(14-18)13-15-6-5-7-16(10-15)19(25)23-8-3-2-4-9-23/h5-7,10-11,14H,2-4,8-9,13H2,1H3. The Morgan fingerprint density at radius 1 is 1.14 bits per heavy atom. The Morgan fingerprint density at radius 3 is 2.57 bits per heavy atom. The zero-order chi connectivity index (χ0) is 20.1. The molecule has 1 aliphatic heterocycles. The zero-order valence-corrected chi connectivity index (χ0v) is 15.7. The summed E-state index contributed by atoms with van der Waals surface area (Å²) >= 11 is 0. The zero-order valence-electron chi connectivity index (χ0n) is 15.7. The highest BCUT2D eigenvalue weighted by atomic mass is 16.5. The lowest BCUT2D eigenvalue weighted by Crippen LogP contribution is -2.35. The Balaban J connectivity index is 1.90. The van der Waals surface area contributed by atoms with Crippen molar-refractivity contribution in [2.24, 2.45) is 0 Å². The summed E-state index contributed by atoms with van der Waals surface area (Å²) in [6.45, 7) is 1.66. The second-order valence-electron chi connectivity index (χ2n) is 6.73. The Bertz CT molecular complexity index is 997. The minimum absolute atomic E-state index is 0.0186. The van der Waals surface area contributed by atoms with Gasteiger partial charge >= 0.3 is 5.97 Å². The molecule has 1 aromatic carbocycles. The number of pyridine rings is 1. The first kappa shape index (κ1) is 19.4. The van der Waals surface area contributed by atoms with Crippen LogP contribution in [-0.2, 0) is 11.3 Å². The van der Waals surface area contributed by atoms with Gasteiger partial charge in [-0.1, -0.05) is 12.1 Å². The molecule has 0 N–H and O–H groups in total. The number of ether oxygens (including phenoxy) is 1. The molecule has 7 nitrogen and oxygen atoms in total. The van der Waals surface area contributed by atoms with Gasteiger partial charge in [0.2, 0.25) is 0 Å². The van der Waals surface area contributed by atoms with Gasteiger partial charge < -0.3 is 14.2 Å². The van der Waals surface area contributed by atoms with Crippen LogP contribution in [-0.4, -0.2) is 41.5 Å². The summed E-state index contributed by atoms with van der Waals surface area (Å²) in [5, 5.41) is 9.18. The van der Waals surface area contributed by atoms with Crippen LogP contribution in [0.1, 0.15) is 51.1 Å². The van der Waals surface area contributed by atoms with E-state index in [1.54, 1.807) is 24.3 Å². The van der Waals surface area contributed by atoms with Gasteiger partial charge in [0.15, 0.2) is 0 Å². The van der Waals surface area contributed by atoms with Crippen LogP contribution in [0.3, 0.4) is 0 Å². The normalized spacial score (nSPS) is 13.6. The summed E-state index contributed by atoms with van der Waals surface area (Å²) < 4.78 is 5.97. The number of carbonyl (C=O) groups is 2. The van der Waals surface area contributed by atoms with Crippen molar-refractivity contribution in [1.29, 1.82) is 5.26 Å². The maximum Gasteiger partial charge on any atom is 0.339 e. The van der Waals surface area contributed by atoms with E-state index >= 15 is 0 Å². The molecule has 1 aromatic heterocycles. The Hall–Kier alpha value is -3.40. The molecule has 28 heavy (non-hydrogen) atoms. The Kier molecular flexibility index (Phi) is 5.90. The maximum atomic E-state index is 12.7. The maximum absolute atomic E-state index is 12.7. The van der Waals surface area contributed by atoms with Crippen molar-refractivity contribution in [3.8, 4) is 6.07 Å². The van der Waals surface area contributed by atoms with E-state index in [0.717, 1.165) is 37.9 Å². The van der Waals surface area contributed by atoms with E-state index in [4.69, 9.17) is 0 Å².